The van der Waals surface area contributed by atoms with Crippen molar-refractivity contribution in [3.63, 3.8) is 0 Å². The molecule has 0 saturated heterocycles. The number of allylic oxidation sites excluding steroid dienone is 10. The molecule has 57 heavy (non-hydrogen) atoms. The number of carbonyl (C=O) groups excluding carboxylic acids is 2. The quantitative estimate of drug-likeness (QED) is 0.0161. The van der Waals surface area contributed by atoms with E-state index in [2.05, 4.69) is 50.3 Å². The fourth-order valence-corrected chi connectivity index (χ4v) is 6.08. The topological polar surface area (TPSA) is 131 Å². The smallest absolute Gasteiger partial charge is 0.306 e. The lowest BCUT2D eigenvalue weighted by Gasteiger charge is -2.28. The molecule has 11 heteroatoms. The monoisotopic (exact) mass is 822 g/mol. The van der Waals surface area contributed by atoms with Gasteiger partial charge in [-0.15, -0.1) is 0 Å². The van der Waals surface area contributed by atoms with Crippen LogP contribution in [0.3, 0.4) is 0 Å². The van der Waals surface area contributed by atoms with Gasteiger partial charge in [-0.1, -0.05) is 138 Å². The number of unbranched alkanes of at least 4 members (excludes halogenated alkanes) is 12. The Kier molecular flexibility index (Phi) is 36.0. The van der Waals surface area contributed by atoms with Gasteiger partial charge in [-0.3, -0.25) is 14.2 Å². The van der Waals surface area contributed by atoms with Gasteiger partial charge in [0.1, 0.15) is 19.8 Å². The number of aliphatic hydroxyl groups is 1. The summed E-state index contributed by atoms with van der Waals surface area (Å²) in [5.41, 5.74) is 0. The third-order valence-electron chi connectivity index (χ3n) is 8.79. The van der Waals surface area contributed by atoms with Gasteiger partial charge in [0.2, 0.25) is 0 Å². The Morgan fingerprint density at radius 2 is 1.25 bits per heavy atom. The van der Waals surface area contributed by atoms with Crippen LogP contribution in [0.1, 0.15) is 149 Å². The molecule has 0 spiro atoms. The second-order valence-electron chi connectivity index (χ2n) is 15.5. The van der Waals surface area contributed by atoms with Gasteiger partial charge in [-0.25, -0.2) is 0 Å². The van der Waals surface area contributed by atoms with Crippen molar-refractivity contribution in [1.82, 2.24) is 0 Å². The minimum Gasteiger partial charge on any atom is -0.756 e. The summed E-state index contributed by atoms with van der Waals surface area (Å²) in [7, 11) is 1.08. The van der Waals surface area contributed by atoms with E-state index < -0.39 is 38.6 Å². The molecule has 10 nitrogen and oxygen atoms in total. The minimum atomic E-state index is -4.66. The first-order chi connectivity index (χ1) is 27.4. The second kappa shape index (κ2) is 37.7. The fraction of sp³-hybridized carbons (Fsp3) is 0.696. The summed E-state index contributed by atoms with van der Waals surface area (Å²) in [4.78, 5) is 37.5. The highest BCUT2D eigenvalue weighted by Crippen LogP contribution is 2.38. The number of aliphatic hydroxyl groups excluding tert-OH is 1. The first-order valence-electron chi connectivity index (χ1n) is 21.8. The first-order valence-corrected chi connectivity index (χ1v) is 23.2. The Morgan fingerprint density at radius 1 is 0.667 bits per heavy atom. The van der Waals surface area contributed by atoms with Crippen LogP contribution in [0.2, 0.25) is 0 Å². The lowest BCUT2D eigenvalue weighted by Crippen LogP contribution is -2.37. The number of esters is 2. The summed E-state index contributed by atoms with van der Waals surface area (Å²) < 4.78 is 33.7. The van der Waals surface area contributed by atoms with E-state index in [0.717, 1.165) is 57.8 Å². The molecule has 0 radical (unpaired) electrons. The number of rotatable bonds is 38. The first kappa shape index (κ1) is 54.4. The Hall–Kier alpha value is -2.59. The zero-order valence-corrected chi connectivity index (χ0v) is 37.3. The average Bonchev–Trinajstić information content (AvgIpc) is 3.15. The Labute approximate surface area is 347 Å². The number of likely N-dealkylation sites (N-methyl/N-ethyl adjacent to an activating group) is 1. The van der Waals surface area contributed by atoms with Gasteiger partial charge < -0.3 is 33.0 Å². The maximum atomic E-state index is 12.6. The summed E-state index contributed by atoms with van der Waals surface area (Å²) in [5.74, 6) is -0.957. The molecular weight excluding hydrogens is 741 g/mol. The number of phosphoric acid groups is 1. The summed E-state index contributed by atoms with van der Waals surface area (Å²) in [6.07, 6.45) is 42.7. The van der Waals surface area contributed by atoms with Gasteiger partial charge in [0, 0.05) is 12.8 Å². The molecule has 0 aliphatic carbocycles. The summed E-state index contributed by atoms with van der Waals surface area (Å²) >= 11 is 0. The molecule has 0 aliphatic rings. The molecule has 0 aliphatic heterocycles. The Morgan fingerprint density at radius 3 is 1.89 bits per heavy atom. The molecule has 0 amide bonds. The number of phosphoric ester groups is 1. The van der Waals surface area contributed by atoms with E-state index in [1.807, 2.05) is 51.5 Å². The molecule has 0 bridgehead atoms. The molecule has 0 rings (SSSR count). The Bertz CT molecular complexity index is 1220. The normalized spacial score (nSPS) is 14.9. The number of hydrogen-bond acceptors (Lipinski definition) is 9. The maximum absolute atomic E-state index is 12.6. The van der Waals surface area contributed by atoms with E-state index in [0.29, 0.717) is 36.7 Å². The van der Waals surface area contributed by atoms with Crippen LogP contribution in [0, 0.1) is 0 Å². The minimum absolute atomic E-state index is 0.0557. The van der Waals surface area contributed by atoms with Crippen LogP contribution in [0.4, 0.5) is 0 Å². The highest BCUT2D eigenvalue weighted by molar-refractivity contribution is 7.45. The van der Waals surface area contributed by atoms with E-state index >= 15 is 0 Å². The van der Waals surface area contributed by atoms with E-state index in [4.69, 9.17) is 18.5 Å². The predicted molar refractivity (Wildman–Crippen MR) is 232 cm³/mol. The average molecular weight is 822 g/mol. The number of carbonyl (C=O) groups is 2. The lowest BCUT2D eigenvalue weighted by molar-refractivity contribution is -0.870. The fourth-order valence-electron chi connectivity index (χ4n) is 5.35. The van der Waals surface area contributed by atoms with Crippen molar-refractivity contribution in [3.8, 4) is 0 Å². The van der Waals surface area contributed by atoms with E-state index in [-0.39, 0.29) is 26.1 Å². The Balaban J connectivity index is 4.54. The molecule has 0 aromatic carbocycles. The standard InChI is InChI=1S/C46H80NO9P/c1-6-8-10-11-12-13-14-15-16-17-18-19-20-23-27-30-34-38-46(50)56-44(42-55-57(51,52)54-40-39-47(3,4)5)41-53-45(49)37-33-29-26-24-21-22-25-28-32-36-43(48)35-31-9-7-2/h9,15-16,18-19,23,25,27-28,31-32,36,43-44,48H,6-8,10-14,17,20-22,24,26,29-30,33-35,37-42H2,1-5H3/b16-15-,19-18-,27-23-,28-25+,31-9+,36-32+/t43?,44-/m1/s1. The summed E-state index contributed by atoms with van der Waals surface area (Å²) in [6.45, 7) is 3.88. The van der Waals surface area contributed by atoms with Crippen LogP contribution in [-0.4, -0.2) is 81.2 Å². The lowest BCUT2D eigenvalue weighted by atomic mass is 10.1. The van der Waals surface area contributed by atoms with Crippen molar-refractivity contribution in [2.75, 3.05) is 47.5 Å². The molecule has 0 fully saturated rings. The van der Waals surface area contributed by atoms with Gasteiger partial charge in [0.05, 0.1) is 33.9 Å². The van der Waals surface area contributed by atoms with Gasteiger partial charge in [-0.05, 0) is 70.6 Å². The SMILES string of the molecule is CC/C=C/CC(O)/C=C/C=C/CCCCCCCC(=O)OC[C@H](COP(=O)([O-])OCC[N+](C)(C)C)OC(=O)CCC/C=C\C/C=C\C/C=C\CCCCCCCC. The van der Waals surface area contributed by atoms with Crippen LogP contribution in [0.25, 0.3) is 0 Å². The molecule has 328 valence electrons. The van der Waals surface area contributed by atoms with Crippen molar-refractivity contribution < 1.29 is 47.2 Å². The maximum Gasteiger partial charge on any atom is 0.306 e. The number of ether oxygens (including phenoxy) is 2. The molecule has 2 unspecified atom stereocenters. The van der Waals surface area contributed by atoms with Crippen LogP contribution in [-0.2, 0) is 32.7 Å². The van der Waals surface area contributed by atoms with Crippen LogP contribution in [0.15, 0.2) is 72.9 Å². The molecule has 0 aromatic rings. The number of quaternary nitrogens is 1. The van der Waals surface area contributed by atoms with Gasteiger partial charge in [0.15, 0.2) is 6.10 Å². The van der Waals surface area contributed by atoms with Crippen molar-refractivity contribution in [2.24, 2.45) is 0 Å². The van der Waals surface area contributed by atoms with Crippen LogP contribution >= 0.6 is 7.82 Å². The molecule has 3 atom stereocenters. The largest absolute Gasteiger partial charge is 0.756 e. The van der Waals surface area contributed by atoms with Crippen molar-refractivity contribution >= 4 is 19.8 Å². The van der Waals surface area contributed by atoms with Crippen molar-refractivity contribution in [1.29, 1.82) is 0 Å². The molecule has 0 saturated carbocycles. The molecule has 0 heterocycles. The number of hydrogen-bond donors (Lipinski definition) is 1. The molecule has 1 N–H and O–H groups in total. The van der Waals surface area contributed by atoms with E-state index in [1.54, 1.807) is 6.08 Å². The van der Waals surface area contributed by atoms with Gasteiger partial charge in [0.25, 0.3) is 7.82 Å². The highest BCUT2D eigenvalue weighted by Gasteiger charge is 2.21. The summed E-state index contributed by atoms with van der Waals surface area (Å²) in [6, 6.07) is 0. The molecular formula is C46H80NO9P. The van der Waals surface area contributed by atoms with E-state index in [9.17, 15) is 24.2 Å². The highest BCUT2D eigenvalue weighted by atomic mass is 31.2. The third-order valence-corrected chi connectivity index (χ3v) is 9.75. The zero-order valence-electron chi connectivity index (χ0n) is 36.4. The van der Waals surface area contributed by atoms with Crippen molar-refractivity contribution in [2.45, 2.75) is 161 Å². The van der Waals surface area contributed by atoms with Gasteiger partial charge in [-0.2, -0.15) is 0 Å². The zero-order chi connectivity index (χ0) is 42.3. The predicted octanol–water partition coefficient (Wildman–Crippen LogP) is 10.6. The van der Waals surface area contributed by atoms with Crippen molar-refractivity contribution in [3.05, 3.63) is 72.9 Å². The van der Waals surface area contributed by atoms with Crippen LogP contribution < -0.4 is 4.89 Å². The second-order valence-corrected chi connectivity index (χ2v) is 16.9. The number of nitrogens with zero attached hydrogens (tertiary/aromatic N) is 1. The van der Waals surface area contributed by atoms with Gasteiger partial charge >= 0.3 is 11.9 Å². The van der Waals surface area contributed by atoms with E-state index in [1.165, 1.54) is 38.5 Å². The third kappa shape index (κ3) is 41.4. The van der Waals surface area contributed by atoms with Crippen LogP contribution in [0.5, 0.6) is 0 Å². The molecule has 0 aromatic heterocycles. The summed E-state index contributed by atoms with van der Waals surface area (Å²) in [5, 5.41) is 9.88.